The number of hydrogen-bond acceptors (Lipinski definition) is 5. The lowest BCUT2D eigenvalue weighted by Gasteiger charge is -2.15. The molecule has 0 bridgehead atoms. The molecule has 24 heavy (non-hydrogen) atoms. The summed E-state index contributed by atoms with van der Waals surface area (Å²) < 4.78 is 21.9. The second-order valence-electron chi connectivity index (χ2n) is 5.00. The van der Waals surface area contributed by atoms with Crippen LogP contribution in [0, 0.1) is 0 Å². The molecule has 0 saturated heterocycles. The SMILES string of the molecule is COc1ccc(-c2cc(=O)c3cc(Cl)ccc3o2)c(OC)c1OC. The van der Waals surface area contributed by atoms with E-state index >= 15 is 0 Å². The highest BCUT2D eigenvalue weighted by Gasteiger charge is 2.19. The first-order valence-electron chi connectivity index (χ1n) is 7.11. The number of ether oxygens (including phenoxy) is 3. The third-order valence-electron chi connectivity index (χ3n) is 3.66. The molecule has 6 heteroatoms. The molecule has 0 saturated carbocycles. The average Bonchev–Trinajstić information content (AvgIpc) is 2.60. The van der Waals surface area contributed by atoms with Gasteiger partial charge < -0.3 is 18.6 Å². The van der Waals surface area contributed by atoms with Gasteiger partial charge in [-0.1, -0.05) is 11.6 Å². The Hall–Kier alpha value is -2.66. The zero-order valence-corrected chi connectivity index (χ0v) is 14.1. The van der Waals surface area contributed by atoms with Gasteiger partial charge in [0.25, 0.3) is 0 Å². The highest BCUT2D eigenvalue weighted by atomic mass is 35.5. The molecule has 3 aromatic rings. The zero-order valence-electron chi connectivity index (χ0n) is 13.4. The Labute approximate surface area is 143 Å². The largest absolute Gasteiger partial charge is 0.493 e. The summed E-state index contributed by atoms with van der Waals surface area (Å²) in [5, 5.41) is 0.900. The fourth-order valence-electron chi connectivity index (χ4n) is 2.56. The first kappa shape index (κ1) is 16.2. The summed E-state index contributed by atoms with van der Waals surface area (Å²) in [6.45, 7) is 0. The van der Waals surface area contributed by atoms with Crippen LogP contribution in [0.15, 0.2) is 45.6 Å². The third kappa shape index (κ3) is 2.67. The Bertz CT molecular complexity index is 962. The van der Waals surface area contributed by atoms with E-state index in [9.17, 15) is 4.79 Å². The minimum atomic E-state index is -0.189. The smallest absolute Gasteiger partial charge is 0.204 e. The minimum absolute atomic E-state index is 0.189. The predicted molar refractivity (Wildman–Crippen MR) is 92.6 cm³/mol. The van der Waals surface area contributed by atoms with Gasteiger partial charge >= 0.3 is 0 Å². The Morgan fingerprint density at radius 2 is 1.67 bits per heavy atom. The van der Waals surface area contributed by atoms with Crippen molar-refractivity contribution in [3.05, 3.63) is 51.6 Å². The summed E-state index contributed by atoms with van der Waals surface area (Å²) in [5.41, 5.74) is 0.841. The van der Waals surface area contributed by atoms with Gasteiger partial charge in [-0.2, -0.15) is 0 Å². The van der Waals surface area contributed by atoms with Crippen LogP contribution in [-0.2, 0) is 0 Å². The lowest BCUT2D eigenvalue weighted by Crippen LogP contribution is -2.02. The van der Waals surface area contributed by atoms with E-state index in [0.29, 0.717) is 44.6 Å². The van der Waals surface area contributed by atoms with Crippen molar-refractivity contribution >= 4 is 22.6 Å². The summed E-state index contributed by atoms with van der Waals surface area (Å²) >= 11 is 5.94. The normalized spacial score (nSPS) is 10.7. The van der Waals surface area contributed by atoms with Crippen LogP contribution < -0.4 is 19.6 Å². The Kier molecular flexibility index (Phi) is 4.36. The van der Waals surface area contributed by atoms with E-state index in [1.165, 1.54) is 27.4 Å². The molecule has 124 valence electrons. The van der Waals surface area contributed by atoms with Crippen molar-refractivity contribution in [2.75, 3.05) is 21.3 Å². The predicted octanol–water partition coefficient (Wildman–Crippen LogP) is 4.14. The first-order valence-corrected chi connectivity index (χ1v) is 7.49. The Morgan fingerprint density at radius 1 is 0.917 bits per heavy atom. The summed E-state index contributed by atoms with van der Waals surface area (Å²) in [6.07, 6.45) is 0. The molecule has 0 aliphatic carbocycles. The Balaban J connectivity index is 2.28. The van der Waals surface area contributed by atoms with Crippen LogP contribution in [0.25, 0.3) is 22.3 Å². The van der Waals surface area contributed by atoms with Gasteiger partial charge in [-0.3, -0.25) is 4.79 Å². The van der Waals surface area contributed by atoms with Crippen molar-refractivity contribution in [1.82, 2.24) is 0 Å². The summed E-state index contributed by atoms with van der Waals surface area (Å²) in [7, 11) is 4.57. The van der Waals surface area contributed by atoms with Gasteiger partial charge in [0.1, 0.15) is 11.3 Å². The number of benzene rings is 2. The maximum atomic E-state index is 12.4. The first-order chi connectivity index (χ1) is 11.6. The van der Waals surface area contributed by atoms with Gasteiger partial charge in [0.2, 0.25) is 5.75 Å². The number of halogens is 1. The van der Waals surface area contributed by atoms with Crippen molar-refractivity contribution in [2.45, 2.75) is 0 Å². The lowest BCUT2D eigenvalue weighted by molar-refractivity contribution is 0.325. The molecular weight excluding hydrogens is 332 g/mol. The van der Waals surface area contributed by atoms with Gasteiger partial charge in [0.05, 0.1) is 32.3 Å². The summed E-state index contributed by atoms with van der Waals surface area (Å²) in [5.74, 6) is 1.74. The molecule has 0 atom stereocenters. The zero-order chi connectivity index (χ0) is 17.3. The van der Waals surface area contributed by atoms with Crippen LogP contribution in [0.1, 0.15) is 0 Å². The van der Waals surface area contributed by atoms with E-state index in [1.807, 2.05) is 0 Å². The standard InChI is InChI=1S/C18H15ClO5/c1-21-15-7-5-11(17(22-2)18(15)23-3)16-9-13(20)12-8-10(19)4-6-14(12)24-16/h4-9H,1-3H3. The fraction of sp³-hybridized carbons (Fsp3) is 0.167. The van der Waals surface area contributed by atoms with Crippen LogP contribution in [0.2, 0.25) is 5.02 Å². The van der Waals surface area contributed by atoms with E-state index in [0.717, 1.165) is 0 Å². The van der Waals surface area contributed by atoms with Crippen molar-refractivity contribution in [1.29, 1.82) is 0 Å². The molecule has 0 N–H and O–H groups in total. The van der Waals surface area contributed by atoms with E-state index < -0.39 is 0 Å². The lowest BCUT2D eigenvalue weighted by atomic mass is 10.1. The third-order valence-corrected chi connectivity index (χ3v) is 3.89. The maximum Gasteiger partial charge on any atom is 0.204 e. The molecule has 3 rings (SSSR count). The summed E-state index contributed by atoms with van der Waals surface area (Å²) in [6, 6.07) is 9.79. The van der Waals surface area contributed by atoms with E-state index in [1.54, 1.807) is 30.3 Å². The van der Waals surface area contributed by atoms with Gasteiger partial charge in [0.15, 0.2) is 16.9 Å². The van der Waals surface area contributed by atoms with Crippen molar-refractivity contribution < 1.29 is 18.6 Å². The minimum Gasteiger partial charge on any atom is -0.493 e. The fourth-order valence-corrected chi connectivity index (χ4v) is 2.73. The molecule has 5 nitrogen and oxygen atoms in total. The van der Waals surface area contributed by atoms with Gasteiger partial charge in [-0.15, -0.1) is 0 Å². The molecule has 1 aromatic heterocycles. The number of rotatable bonds is 4. The van der Waals surface area contributed by atoms with Crippen molar-refractivity contribution in [2.24, 2.45) is 0 Å². The van der Waals surface area contributed by atoms with Crippen LogP contribution in [0.5, 0.6) is 17.2 Å². The van der Waals surface area contributed by atoms with Crippen LogP contribution in [-0.4, -0.2) is 21.3 Å². The second kappa shape index (κ2) is 6.45. The van der Waals surface area contributed by atoms with Gasteiger partial charge in [-0.05, 0) is 30.3 Å². The van der Waals surface area contributed by atoms with Gasteiger partial charge in [0, 0.05) is 11.1 Å². The van der Waals surface area contributed by atoms with Crippen LogP contribution >= 0.6 is 11.6 Å². The average molecular weight is 347 g/mol. The topological polar surface area (TPSA) is 57.9 Å². The van der Waals surface area contributed by atoms with Crippen LogP contribution in [0.4, 0.5) is 0 Å². The molecular formula is C18H15ClO5. The second-order valence-corrected chi connectivity index (χ2v) is 5.43. The highest BCUT2D eigenvalue weighted by molar-refractivity contribution is 6.31. The molecule has 0 fully saturated rings. The summed E-state index contributed by atoms with van der Waals surface area (Å²) in [4.78, 5) is 12.4. The van der Waals surface area contributed by atoms with Crippen LogP contribution in [0.3, 0.4) is 0 Å². The molecule has 0 unspecified atom stereocenters. The number of fused-ring (bicyclic) bond motifs is 1. The molecule has 0 spiro atoms. The molecule has 2 aromatic carbocycles. The number of hydrogen-bond donors (Lipinski definition) is 0. The quantitative estimate of drug-likeness (QED) is 0.710. The molecule has 0 amide bonds. The van der Waals surface area contributed by atoms with Crippen molar-refractivity contribution in [3.63, 3.8) is 0 Å². The van der Waals surface area contributed by atoms with E-state index in [2.05, 4.69) is 0 Å². The van der Waals surface area contributed by atoms with E-state index in [4.69, 9.17) is 30.2 Å². The van der Waals surface area contributed by atoms with E-state index in [-0.39, 0.29) is 5.43 Å². The Morgan fingerprint density at radius 3 is 2.33 bits per heavy atom. The highest BCUT2D eigenvalue weighted by Crippen LogP contribution is 2.44. The van der Waals surface area contributed by atoms with Crippen molar-refractivity contribution in [3.8, 4) is 28.6 Å². The molecule has 0 radical (unpaired) electrons. The monoisotopic (exact) mass is 346 g/mol. The molecule has 0 aliphatic heterocycles. The molecule has 1 heterocycles. The van der Waals surface area contributed by atoms with Gasteiger partial charge in [-0.25, -0.2) is 0 Å². The number of methoxy groups -OCH3 is 3. The maximum absolute atomic E-state index is 12.4. The molecule has 0 aliphatic rings.